The second kappa shape index (κ2) is 7.28. The van der Waals surface area contributed by atoms with Crippen molar-refractivity contribution in [1.82, 2.24) is 20.1 Å². The van der Waals surface area contributed by atoms with Crippen molar-refractivity contribution >= 4 is 17.2 Å². The Hall–Kier alpha value is -0.980. The summed E-state index contributed by atoms with van der Waals surface area (Å²) in [4.78, 5) is 22.7. The van der Waals surface area contributed by atoms with Gasteiger partial charge in [0.2, 0.25) is 0 Å². The topological polar surface area (TPSA) is 48.5 Å². The van der Waals surface area contributed by atoms with E-state index in [2.05, 4.69) is 27.1 Å². The highest BCUT2D eigenvalue weighted by Crippen LogP contribution is 2.22. The third-order valence-electron chi connectivity index (χ3n) is 5.10. The van der Waals surface area contributed by atoms with Gasteiger partial charge in [-0.05, 0) is 66.2 Å². The zero-order valence-corrected chi connectivity index (χ0v) is 15.3. The highest BCUT2D eigenvalue weighted by atomic mass is 32.1. The van der Waals surface area contributed by atoms with E-state index >= 15 is 0 Å². The number of amides is 1. The molecule has 5 nitrogen and oxygen atoms in total. The van der Waals surface area contributed by atoms with Crippen molar-refractivity contribution in [2.45, 2.75) is 51.6 Å². The Morgan fingerprint density at radius 1 is 1.22 bits per heavy atom. The molecule has 1 atom stereocenters. The van der Waals surface area contributed by atoms with Crippen molar-refractivity contribution in [3.63, 3.8) is 0 Å². The molecule has 0 bridgehead atoms. The van der Waals surface area contributed by atoms with E-state index in [1.165, 1.54) is 50.2 Å². The minimum atomic E-state index is 0.0586. The maximum Gasteiger partial charge on any atom is 0.263 e. The van der Waals surface area contributed by atoms with Gasteiger partial charge < -0.3 is 10.2 Å². The molecule has 1 aromatic rings. The summed E-state index contributed by atoms with van der Waals surface area (Å²) in [6.07, 6.45) is 4.78. The highest BCUT2D eigenvalue weighted by molar-refractivity contribution is 7.13. The molecule has 0 aliphatic carbocycles. The van der Waals surface area contributed by atoms with Gasteiger partial charge in [-0.2, -0.15) is 0 Å². The van der Waals surface area contributed by atoms with Crippen LogP contribution in [0, 0.1) is 13.8 Å². The molecule has 23 heavy (non-hydrogen) atoms. The Labute approximate surface area is 143 Å². The number of aryl methyl sites for hydroxylation is 2. The lowest BCUT2D eigenvalue weighted by atomic mass is 9.98. The number of aromatic nitrogens is 1. The van der Waals surface area contributed by atoms with Crippen molar-refractivity contribution < 1.29 is 4.79 Å². The van der Waals surface area contributed by atoms with E-state index in [0.717, 1.165) is 28.5 Å². The number of carbonyl (C=O) groups is 1. The standard InChI is InChI=1S/C17H28N4OS/c1-12-16(23-13(2)18-12)17(22)19-14-5-4-8-21(11-14)15-6-9-20(3)10-7-15/h14-15H,4-11H2,1-3H3,(H,19,22)/t14-/m0/s1. The molecular formula is C17H28N4OS. The normalized spacial score (nSPS) is 24.7. The van der Waals surface area contributed by atoms with Gasteiger partial charge in [-0.15, -0.1) is 11.3 Å². The number of carbonyl (C=O) groups excluding carboxylic acids is 1. The van der Waals surface area contributed by atoms with E-state index in [4.69, 9.17) is 0 Å². The van der Waals surface area contributed by atoms with Crippen LogP contribution in [-0.2, 0) is 0 Å². The Balaban J connectivity index is 1.56. The van der Waals surface area contributed by atoms with E-state index in [1.807, 2.05) is 13.8 Å². The molecule has 0 unspecified atom stereocenters. The number of thiazole rings is 1. The van der Waals surface area contributed by atoms with Crippen LogP contribution in [0.5, 0.6) is 0 Å². The molecule has 1 amide bonds. The number of likely N-dealkylation sites (tertiary alicyclic amines) is 2. The molecule has 0 saturated carbocycles. The molecule has 0 spiro atoms. The van der Waals surface area contributed by atoms with E-state index in [0.29, 0.717) is 6.04 Å². The van der Waals surface area contributed by atoms with Crippen molar-refractivity contribution in [2.24, 2.45) is 0 Å². The number of rotatable bonds is 3. The molecule has 2 aliphatic rings. The van der Waals surface area contributed by atoms with E-state index in [-0.39, 0.29) is 11.9 Å². The van der Waals surface area contributed by atoms with Crippen LogP contribution in [0.15, 0.2) is 0 Å². The van der Waals surface area contributed by atoms with Crippen LogP contribution in [-0.4, -0.2) is 66.0 Å². The smallest absolute Gasteiger partial charge is 0.263 e. The first-order chi connectivity index (χ1) is 11.0. The average Bonchev–Trinajstić information content (AvgIpc) is 2.87. The summed E-state index contributed by atoms with van der Waals surface area (Å²) in [5.41, 5.74) is 0.855. The molecule has 0 aromatic carbocycles. The van der Waals surface area contributed by atoms with Crippen molar-refractivity contribution in [2.75, 3.05) is 33.2 Å². The molecule has 1 aromatic heterocycles. The highest BCUT2D eigenvalue weighted by Gasteiger charge is 2.29. The molecule has 128 valence electrons. The fourth-order valence-corrected chi connectivity index (χ4v) is 4.63. The molecule has 0 radical (unpaired) electrons. The van der Waals surface area contributed by atoms with Crippen LogP contribution in [0.3, 0.4) is 0 Å². The first-order valence-electron chi connectivity index (χ1n) is 8.70. The molecule has 2 aliphatic heterocycles. The fraction of sp³-hybridized carbons (Fsp3) is 0.765. The summed E-state index contributed by atoms with van der Waals surface area (Å²) in [6.45, 7) is 8.44. The van der Waals surface area contributed by atoms with Gasteiger partial charge in [-0.1, -0.05) is 0 Å². The maximum absolute atomic E-state index is 12.5. The molecule has 2 saturated heterocycles. The van der Waals surface area contributed by atoms with Gasteiger partial charge in [0.1, 0.15) is 4.88 Å². The summed E-state index contributed by atoms with van der Waals surface area (Å²) in [5.74, 6) is 0.0586. The summed E-state index contributed by atoms with van der Waals surface area (Å²) in [6, 6.07) is 0.969. The quantitative estimate of drug-likeness (QED) is 0.918. The average molecular weight is 337 g/mol. The van der Waals surface area contributed by atoms with E-state index in [1.54, 1.807) is 0 Å². The number of hydrogen-bond donors (Lipinski definition) is 1. The van der Waals surface area contributed by atoms with Crippen LogP contribution >= 0.6 is 11.3 Å². The van der Waals surface area contributed by atoms with Gasteiger partial charge >= 0.3 is 0 Å². The van der Waals surface area contributed by atoms with Gasteiger partial charge in [0.05, 0.1) is 10.7 Å². The first kappa shape index (κ1) is 16.9. The van der Waals surface area contributed by atoms with Crippen LogP contribution in [0.4, 0.5) is 0 Å². The van der Waals surface area contributed by atoms with Gasteiger partial charge in [-0.25, -0.2) is 4.98 Å². The molecule has 3 heterocycles. The predicted octanol–water partition coefficient (Wildman–Crippen LogP) is 2.05. The summed E-state index contributed by atoms with van der Waals surface area (Å²) >= 11 is 1.50. The second-order valence-corrected chi connectivity index (χ2v) is 8.19. The zero-order chi connectivity index (χ0) is 16.4. The summed E-state index contributed by atoms with van der Waals surface area (Å²) in [7, 11) is 2.20. The molecule has 6 heteroatoms. The first-order valence-corrected chi connectivity index (χ1v) is 9.52. The molecule has 1 N–H and O–H groups in total. The van der Waals surface area contributed by atoms with Crippen molar-refractivity contribution in [3.8, 4) is 0 Å². The lowest BCUT2D eigenvalue weighted by Gasteiger charge is -2.41. The van der Waals surface area contributed by atoms with Crippen LogP contribution in [0.1, 0.15) is 46.1 Å². The van der Waals surface area contributed by atoms with Crippen LogP contribution in [0.25, 0.3) is 0 Å². The minimum absolute atomic E-state index is 0.0586. The Bertz CT molecular complexity index is 551. The van der Waals surface area contributed by atoms with Crippen LogP contribution in [0.2, 0.25) is 0 Å². The minimum Gasteiger partial charge on any atom is -0.347 e. The van der Waals surface area contributed by atoms with Gasteiger partial charge in [0.15, 0.2) is 0 Å². The number of piperidine rings is 2. The van der Waals surface area contributed by atoms with Crippen molar-refractivity contribution in [1.29, 1.82) is 0 Å². The SMILES string of the molecule is Cc1nc(C)c(C(=O)N[C@H]2CCCN(C3CCN(C)CC3)C2)s1. The molecule has 3 rings (SSSR count). The monoisotopic (exact) mass is 336 g/mol. The van der Waals surface area contributed by atoms with E-state index < -0.39 is 0 Å². The molecule has 2 fully saturated rings. The van der Waals surface area contributed by atoms with Crippen molar-refractivity contribution in [3.05, 3.63) is 15.6 Å². The number of nitrogens with one attached hydrogen (secondary N) is 1. The third kappa shape index (κ3) is 4.11. The van der Waals surface area contributed by atoms with Gasteiger partial charge in [0, 0.05) is 18.6 Å². The fourth-order valence-electron chi connectivity index (χ4n) is 3.81. The zero-order valence-electron chi connectivity index (χ0n) is 14.5. The van der Waals surface area contributed by atoms with E-state index in [9.17, 15) is 4.79 Å². The maximum atomic E-state index is 12.5. The molecular weight excluding hydrogens is 308 g/mol. The lowest BCUT2D eigenvalue weighted by Crippen LogP contribution is -2.53. The van der Waals surface area contributed by atoms with Gasteiger partial charge in [0.25, 0.3) is 5.91 Å². The number of hydrogen-bond acceptors (Lipinski definition) is 5. The number of nitrogens with zero attached hydrogens (tertiary/aromatic N) is 3. The Morgan fingerprint density at radius 3 is 2.61 bits per heavy atom. The lowest BCUT2D eigenvalue weighted by molar-refractivity contribution is 0.0768. The van der Waals surface area contributed by atoms with Crippen LogP contribution < -0.4 is 5.32 Å². The van der Waals surface area contributed by atoms with Gasteiger partial charge in [-0.3, -0.25) is 9.69 Å². The second-order valence-electron chi connectivity index (χ2n) is 6.99. The third-order valence-corrected chi connectivity index (χ3v) is 6.17. The largest absolute Gasteiger partial charge is 0.347 e. The Morgan fingerprint density at radius 2 is 1.96 bits per heavy atom. The summed E-state index contributed by atoms with van der Waals surface area (Å²) < 4.78 is 0. The Kier molecular flexibility index (Phi) is 5.34. The summed E-state index contributed by atoms with van der Waals surface area (Å²) in [5, 5.41) is 4.21. The predicted molar refractivity (Wildman–Crippen MR) is 94.2 cm³/mol.